The monoisotopic (exact) mass is 185 g/mol. The van der Waals surface area contributed by atoms with Crippen molar-refractivity contribution in [3.63, 3.8) is 0 Å². The Hall–Kier alpha value is -1.13. The number of nitrogens with two attached hydrogens (primary N) is 1. The van der Waals surface area contributed by atoms with Crippen LogP contribution in [0.2, 0.25) is 0 Å². The molecule has 0 fully saturated rings. The molecule has 0 heterocycles. The van der Waals surface area contributed by atoms with E-state index in [2.05, 4.69) is 0 Å². The lowest BCUT2D eigenvalue weighted by Crippen LogP contribution is -2.22. The molecule has 0 aliphatic rings. The van der Waals surface area contributed by atoms with Gasteiger partial charge in [0.15, 0.2) is 0 Å². The van der Waals surface area contributed by atoms with Gasteiger partial charge in [0.1, 0.15) is 17.8 Å². The average Bonchev–Trinajstić information content (AvgIpc) is 2.08. The summed E-state index contributed by atoms with van der Waals surface area (Å²) in [7, 11) is 1.50. The van der Waals surface area contributed by atoms with Crippen LogP contribution in [0.25, 0.3) is 0 Å². The van der Waals surface area contributed by atoms with Gasteiger partial charge in [0.25, 0.3) is 0 Å². The second-order valence-corrected chi connectivity index (χ2v) is 2.73. The van der Waals surface area contributed by atoms with E-state index in [0.717, 1.165) is 0 Å². The maximum atomic E-state index is 13.0. The van der Waals surface area contributed by atoms with E-state index < -0.39 is 6.23 Å². The van der Waals surface area contributed by atoms with E-state index in [1.54, 1.807) is 0 Å². The molecule has 0 saturated carbocycles. The van der Waals surface area contributed by atoms with Crippen LogP contribution >= 0.6 is 0 Å². The number of ether oxygens (including phenoxy) is 1. The Bertz CT molecular complexity index is 289. The molecule has 0 saturated heterocycles. The van der Waals surface area contributed by atoms with Crippen molar-refractivity contribution < 1.29 is 14.2 Å². The van der Waals surface area contributed by atoms with Crippen LogP contribution < -0.4 is 10.5 Å². The SMILES string of the molecule is COc1ccc(F)c(C[C@H](N)O)c1. The third kappa shape index (κ3) is 2.68. The normalized spacial score (nSPS) is 12.6. The van der Waals surface area contributed by atoms with Gasteiger partial charge in [0.2, 0.25) is 0 Å². The minimum absolute atomic E-state index is 0.0863. The molecule has 4 heteroatoms. The highest BCUT2D eigenvalue weighted by molar-refractivity contribution is 5.30. The highest BCUT2D eigenvalue weighted by Crippen LogP contribution is 2.17. The molecular weight excluding hydrogens is 173 g/mol. The van der Waals surface area contributed by atoms with Gasteiger partial charge in [-0.05, 0) is 23.8 Å². The van der Waals surface area contributed by atoms with Gasteiger partial charge in [-0.1, -0.05) is 0 Å². The zero-order valence-corrected chi connectivity index (χ0v) is 7.33. The number of methoxy groups -OCH3 is 1. The van der Waals surface area contributed by atoms with Crippen LogP contribution in [0.5, 0.6) is 5.75 Å². The quantitative estimate of drug-likeness (QED) is 0.680. The van der Waals surface area contributed by atoms with Gasteiger partial charge in [-0.25, -0.2) is 4.39 Å². The molecule has 0 aliphatic heterocycles. The van der Waals surface area contributed by atoms with Crippen molar-refractivity contribution in [3.05, 3.63) is 29.6 Å². The molecule has 3 N–H and O–H groups in total. The second-order valence-electron chi connectivity index (χ2n) is 2.73. The van der Waals surface area contributed by atoms with Crippen LogP contribution in [-0.4, -0.2) is 18.4 Å². The fourth-order valence-electron chi connectivity index (χ4n) is 1.06. The van der Waals surface area contributed by atoms with Crippen LogP contribution in [0.1, 0.15) is 5.56 Å². The number of rotatable bonds is 3. The van der Waals surface area contributed by atoms with Crippen molar-refractivity contribution in [1.29, 1.82) is 0 Å². The predicted molar refractivity (Wildman–Crippen MR) is 46.9 cm³/mol. The van der Waals surface area contributed by atoms with E-state index in [9.17, 15) is 4.39 Å². The highest BCUT2D eigenvalue weighted by Gasteiger charge is 2.06. The van der Waals surface area contributed by atoms with Gasteiger partial charge in [-0.15, -0.1) is 0 Å². The Kier molecular flexibility index (Phi) is 3.22. The van der Waals surface area contributed by atoms with E-state index in [1.165, 1.54) is 25.3 Å². The first kappa shape index (κ1) is 9.95. The first-order valence-corrected chi connectivity index (χ1v) is 3.89. The molecule has 1 rings (SSSR count). The molecule has 0 radical (unpaired) electrons. The summed E-state index contributed by atoms with van der Waals surface area (Å²) in [6, 6.07) is 4.32. The molecule has 72 valence electrons. The molecule has 0 amide bonds. The van der Waals surface area contributed by atoms with Crippen LogP contribution in [0.15, 0.2) is 18.2 Å². The molecule has 13 heavy (non-hydrogen) atoms. The summed E-state index contributed by atoms with van der Waals surface area (Å²) < 4.78 is 17.9. The number of benzene rings is 1. The molecule has 0 aliphatic carbocycles. The third-order valence-corrected chi connectivity index (χ3v) is 1.68. The van der Waals surface area contributed by atoms with Crippen LogP contribution in [-0.2, 0) is 6.42 Å². The summed E-state index contributed by atoms with van der Waals surface area (Å²) >= 11 is 0. The summed E-state index contributed by atoms with van der Waals surface area (Å²) in [4.78, 5) is 0. The number of hydrogen-bond donors (Lipinski definition) is 2. The molecule has 1 aromatic carbocycles. The van der Waals surface area contributed by atoms with Crippen molar-refractivity contribution >= 4 is 0 Å². The zero-order chi connectivity index (χ0) is 9.84. The zero-order valence-electron chi connectivity index (χ0n) is 7.33. The molecule has 0 bridgehead atoms. The van der Waals surface area contributed by atoms with Crippen molar-refractivity contribution in [1.82, 2.24) is 0 Å². The van der Waals surface area contributed by atoms with E-state index in [1.807, 2.05) is 0 Å². The summed E-state index contributed by atoms with van der Waals surface area (Å²) in [6.45, 7) is 0. The number of aliphatic hydroxyl groups excluding tert-OH is 1. The largest absolute Gasteiger partial charge is 0.497 e. The molecular formula is C9H12FNO2. The molecule has 0 unspecified atom stereocenters. The first-order valence-electron chi connectivity index (χ1n) is 3.89. The smallest absolute Gasteiger partial charge is 0.126 e. The lowest BCUT2D eigenvalue weighted by atomic mass is 10.1. The topological polar surface area (TPSA) is 55.5 Å². The fourth-order valence-corrected chi connectivity index (χ4v) is 1.06. The van der Waals surface area contributed by atoms with Gasteiger partial charge in [-0.2, -0.15) is 0 Å². The van der Waals surface area contributed by atoms with Crippen LogP contribution in [0.4, 0.5) is 4.39 Å². The maximum absolute atomic E-state index is 13.0. The van der Waals surface area contributed by atoms with Crippen molar-refractivity contribution in [2.45, 2.75) is 12.6 Å². The van der Waals surface area contributed by atoms with Gasteiger partial charge >= 0.3 is 0 Å². The summed E-state index contributed by atoms with van der Waals surface area (Å²) in [5.41, 5.74) is 5.49. The second kappa shape index (κ2) is 4.20. The molecule has 0 aromatic heterocycles. The molecule has 1 atom stereocenters. The Morgan fingerprint density at radius 1 is 1.62 bits per heavy atom. The van der Waals surface area contributed by atoms with Crippen LogP contribution in [0, 0.1) is 5.82 Å². The Morgan fingerprint density at radius 3 is 2.85 bits per heavy atom. The summed E-state index contributed by atoms with van der Waals surface area (Å²) in [6.07, 6.45) is -0.954. The Morgan fingerprint density at radius 2 is 2.31 bits per heavy atom. The predicted octanol–water partition coefficient (Wildman–Crippen LogP) is 0.654. The van der Waals surface area contributed by atoms with E-state index in [0.29, 0.717) is 11.3 Å². The standard InChI is InChI=1S/C9H12FNO2/c1-13-7-2-3-8(10)6(4-7)5-9(11)12/h2-4,9,12H,5,11H2,1H3/t9-/m1/s1. The van der Waals surface area contributed by atoms with E-state index in [4.69, 9.17) is 15.6 Å². The summed E-state index contributed by atoms with van der Waals surface area (Å²) in [5, 5.41) is 8.86. The molecule has 0 spiro atoms. The third-order valence-electron chi connectivity index (χ3n) is 1.68. The lowest BCUT2D eigenvalue weighted by molar-refractivity contribution is 0.181. The lowest BCUT2D eigenvalue weighted by Gasteiger charge is -2.07. The van der Waals surface area contributed by atoms with Crippen molar-refractivity contribution in [2.24, 2.45) is 5.73 Å². The van der Waals surface area contributed by atoms with Crippen molar-refractivity contribution in [3.8, 4) is 5.75 Å². The van der Waals surface area contributed by atoms with Gasteiger partial charge in [0, 0.05) is 6.42 Å². The Labute approximate surface area is 75.9 Å². The maximum Gasteiger partial charge on any atom is 0.126 e. The van der Waals surface area contributed by atoms with E-state index >= 15 is 0 Å². The van der Waals surface area contributed by atoms with Crippen LogP contribution in [0.3, 0.4) is 0 Å². The molecule has 3 nitrogen and oxygen atoms in total. The van der Waals surface area contributed by atoms with Crippen molar-refractivity contribution in [2.75, 3.05) is 7.11 Å². The highest BCUT2D eigenvalue weighted by atomic mass is 19.1. The number of aliphatic hydroxyl groups is 1. The average molecular weight is 185 g/mol. The van der Waals surface area contributed by atoms with Gasteiger partial charge in [-0.3, -0.25) is 0 Å². The number of hydrogen-bond acceptors (Lipinski definition) is 3. The number of halogens is 1. The minimum atomic E-state index is -1.04. The van der Waals surface area contributed by atoms with Gasteiger partial charge in [0.05, 0.1) is 7.11 Å². The molecule has 1 aromatic rings. The minimum Gasteiger partial charge on any atom is -0.497 e. The Balaban J connectivity index is 2.90. The fraction of sp³-hybridized carbons (Fsp3) is 0.333. The first-order chi connectivity index (χ1) is 6.13. The summed E-state index contributed by atoms with van der Waals surface area (Å²) in [5.74, 6) is 0.169. The van der Waals surface area contributed by atoms with E-state index in [-0.39, 0.29) is 12.2 Å². The van der Waals surface area contributed by atoms with Gasteiger partial charge < -0.3 is 15.6 Å².